The molecule has 2 nitrogen and oxygen atoms in total. The molecule has 2 heteroatoms. The molecule has 0 aromatic heterocycles. The standard InChI is InChI=1S/C14H20O2/c1-4-6-8-12-9-11(7-5-2)10-13(16-3)14(12)15/h5,9-10,15H,2,4,6-8H2,1,3H3. The van der Waals surface area contributed by atoms with Crippen molar-refractivity contribution in [2.45, 2.75) is 32.6 Å². The first-order valence-electron chi connectivity index (χ1n) is 5.72. The topological polar surface area (TPSA) is 29.5 Å². The highest BCUT2D eigenvalue weighted by Crippen LogP contribution is 2.32. The summed E-state index contributed by atoms with van der Waals surface area (Å²) in [7, 11) is 1.58. The van der Waals surface area contributed by atoms with Crippen molar-refractivity contribution >= 4 is 0 Å². The summed E-state index contributed by atoms with van der Waals surface area (Å²) in [4.78, 5) is 0. The van der Waals surface area contributed by atoms with E-state index in [1.807, 2.05) is 18.2 Å². The quantitative estimate of drug-likeness (QED) is 0.744. The summed E-state index contributed by atoms with van der Waals surface area (Å²) in [6.07, 6.45) is 5.75. The van der Waals surface area contributed by atoms with Crippen LogP contribution in [0.1, 0.15) is 30.9 Å². The van der Waals surface area contributed by atoms with Crippen LogP contribution in [-0.4, -0.2) is 12.2 Å². The Morgan fingerprint density at radius 1 is 1.44 bits per heavy atom. The first-order valence-corrected chi connectivity index (χ1v) is 5.72. The largest absolute Gasteiger partial charge is 0.504 e. The van der Waals surface area contributed by atoms with Gasteiger partial charge in [0.1, 0.15) is 0 Å². The minimum Gasteiger partial charge on any atom is -0.504 e. The molecule has 0 heterocycles. The number of allylic oxidation sites excluding steroid dienone is 1. The molecule has 0 amide bonds. The number of unbranched alkanes of at least 4 members (excludes halogenated alkanes) is 1. The summed E-state index contributed by atoms with van der Waals surface area (Å²) in [5, 5.41) is 9.96. The number of aromatic hydroxyl groups is 1. The molecule has 1 rings (SSSR count). The fourth-order valence-corrected chi connectivity index (χ4v) is 1.73. The van der Waals surface area contributed by atoms with Gasteiger partial charge in [-0.15, -0.1) is 6.58 Å². The number of phenols is 1. The highest BCUT2D eigenvalue weighted by molar-refractivity contribution is 5.49. The molecule has 1 aromatic carbocycles. The molecule has 0 bridgehead atoms. The van der Waals surface area contributed by atoms with Crippen molar-refractivity contribution in [2.75, 3.05) is 7.11 Å². The van der Waals surface area contributed by atoms with Gasteiger partial charge in [-0.1, -0.05) is 25.5 Å². The maximum absolute atomic E-state index is 9.96. The lowest BCUT2D eigenvalue weighted by atomic mass is 10.0. The minimum atomic E-state index is 0.281. The van der Waals surface area contributed by atoms with E-state index >= 15 is 0 Å². The van der Waals surface area contributed by atoms with Crippen LogP contribution in [0, 0.1) is 0 Å². The maximum atomic E-state index is 9.96. The lowest BCUT2D eigenvalue weighted by molar-refractivity contribution is 0.370. The monoisotopic (exact) mass is 220 g/mol. The lowest BCUT2D eigenvalue weighted by Gasteiger charge is -2.11. The SMILES string of the molecule is C=CCc1cc(CCCC)c(O)c(OC)c1. The van der Waals surface area contributed by atoms with Crippen LogP contribution >= 0.6 is 0 Å². The van der Waals surface area contributed by atoms with Crippen LogP contribution in [0.5, 0.6) is 11.5 Å². The van der Waals surface area contributed by atoms with E-state index < -0.39 is 0 Å². The van der Waals surface area contributed by atoms with Gasteiger partial charge in [0.05, 0.1) is 7.11 Å². The summed E-state index contributed by atoms with van der Waals surface area (Å²) in [6.45, 7) is 5.86. The van der Waals surface area contributed by atoms with Gasteiger partial charge in [0, 0.05) is 0 Å². The van der Waals surface area contributed by atoms with Gasteiger partial charge in [-0.25, -0.2) is 0 Å². The molecule has 0 saturated carbocycles. The number of rotatable bonds is 6. The second-order valence-electron chi connectivity index (χ2n) is 3.90. The van der Waals surface area contributed by atoms with Crippen LogP contribution in [-0.2, 0) is 12.8 Å². The summed E-state index contributed by atoms with van der Waals surface area (Å²) >= 11 is 0. The van der Waals surface area contributed by atoms with E-state index in [1.54, 1.807) is 7.11 Å². The molecule has 0 atom stereocenters. The Kier molecular flexibility index (Phi) is 4.90. The van der Waals surface area contributed by atoms with E-state index in [2.05, 4.69) is 13.5 Å². The van der Waals surface area contributed by atoms with Crippen molar-refractivity contribution < 1.29 is 9.84 Å². The summed E-state index contributed by atoms with van der Waals surface area (Å²) in [5.74, 6) is 0.842. The third kappa shape index (κ3) is 3.02. The zero-order valence-corrected chi connectivity index (χ0v) is 10.1. The smallest absolute Gasteiger partial charge is 0.161 e. The van der Waals surface area contributed by atoms with E-state index in [9.17, 15) is 5.11 Å². The molecule has 16 heavy (non-hydrogen) atoms. The third-order valence-electron chi connectivity index (χ3n) is 2.61. The predicted octanol–water partition coefficient (Wildman–Crippen LogP) is 3.47. The molecular formula is C14H20O2. The first-order chi connectivity index (χ1) is 7.72. The highest BCUT2D eigenvalue weighted by atomic mass is 16.5. The minimum absolute atomic E-state index is 0.281. The molecular weight excluding hydrogens is 200 g/mol. The van der Waals surface area contributed by atoms with Crippen LogP contribution in [0.25, 0.3) is 0 Å². The molecule has 0 fully saturated rings. The van der Waals surface area contributed by atoms with Crippen molar-refractivity contribution in [2.24, 2.45) is 0 Å². The molecule has 0 aliphatic heterocycles. The Hall–Kier alpha value is -1.44. The van der Waals surface area contributed by atoms with Gasteiger partial charge in [-0.05, 0) is 36.5 Å². The number of phenolic OH excluding ortho intramolecular Hbond substituents is 1. The van der Waals surface area contributed by atoms with Crippen molar-refractivity contribution in [3.63, 3.8) is 0 Å². The molecule has 0 radical (unpaired) electrons. The van der Waals surface area contributed by atoms with E-state index in [4.69, 9.17) is 4.74 Å². The van der Waals surface area contributed by atoms with Gasteiger partial charge in [0.2, 0.25) is 0 Å². The molecule has 0 aliphatic rings. The molecule has 1 N–H and O–H groups in total. The number of methoxy groups -OCH3 is 1. The van der Waals surface area contributed by atoms with Crippen molar-refractivity contribution in [1.29, 1.82) is 0 Å². The Bertz CT molecular complexity index is 356. The van der Waals surface area contributed by atoms with E-state index in [-0.39, 0.29) is 5.75 Å². The van der Waals surface area contributed by atoms with Gasteiger partial charge in [-0.2, -0.15) is 0 Å². The third-order valence-corrected chi connectivity index (χ3v) is 2.61. The Balaban J connectivity index is 3.03. The van der Waals surface area contributed by atoms with Crippen molar-refractivity contribution in [3.05, 3.63) is 35.9 Å². The van der Waals surface area contributed by atoms with Crippen LogP contribution in [0.15, 0.2) is 24.8 Å². The van der Waals surface area contributed by atoms with Crippen molar-refractivity contribution in [1.82, 2.24) is 0 Å². The van der Waals surface area contributed by atoms with Gasteiger partial charge in [0.25, 0.3) is 0 Å². The van der Waals surface area contributed by atoms with Crippen LogP contribution in [0.3, 0.4) is 0 Å². The van der Waals surface area contributed by atoms with Gasteiger partial charge >= 0.3 is 0 Å². The van der Waals surface area contributed by atoms with Gasteiger partial charge < -0.3 is 9.84 Å². The molecule has 0 saturated heterocycles. The summed E-state index contributed by atoms with van der Waals surface area (Å²) in [6, 6.07) is 3.90. The number of hydrogen-bond donors (Lipinski definition) is 1. The van der Waals surface area contributed by atoms with E-state index in [0.717, 1.165) is 36.8 Å². The fourth-order valence-electron chi connectivity index (χ4n) is 1.73. The first kappa shape index (κ1) is 12.6. The van der Waals surface area contributed by atoms with E-state index in [0.29, 0.717) is 5.75 Å². The van der Waals surface area contributed by atoms with Gasteiger partial charge in [0.15, 0.2) is 11.5 Å². The second kappa shape index (κ2) is 6.21. The number of ether oxygens (including phenoxy) is 1. The summed E-state index contributed by atoms with van der Waals surface area (Å²) in [5.41, 5.74) is 2.11. The molecule has 88 valence electrons. The van der Waals surface area contributed by atoms with E-state index in [1.165, 1.54) is 0 Å². The molecule has 0 spiro atoms. The lowest BCUT2D eigenvalue weighted by Crippen LogP contribution is -1.94. The molecule has 0 aliphatic carbocycles. The predicted molar refractivity (Wildman–Crippen MR) is 67.2 cm³/mol. The average molecular weight is 220 g/mol. The summed E-state index contributed by atoms with van der Waals surface area (Å²) < 4.78 is 5.17. The fraction of sp³-hybridized carbons (Fsp3) is 0.429. The second-order valence-corrected chi connectivity index (χ2v) is 3.90. The Morgan fingerprint density at radius 3 is 2.75 bits per heavy atom. The van der Waals surface area contributed by atoms with Crippen LogP contribution < -0.4 is 4.74 Å². The van der Waals surface area contributed by atoms with Crippen LogP contribution in [0.2, 0.25) is 0 Å². The molecule has 0 unspecified atom stereocenters. The Morgan fingerprint density at radius 2 is 2.19 bits per heavy atom. The zero-order valence-electron chi connectivity index (χ0n) is 10.1. The Labute approximate surface area is 97.6 Å². The molecule has 1 aromatic rings. The van der Waals surface area contributed by atoms with Gasteiger partial charge in [-0.3, -0.25) is 0 Å². The van der Waals surface area contributed by atoms with Crippen LogP contribution in [0.4, 0.5) is 0 Å². The number of hydrogen-bond acceptors (Lipinski definition) is 2. The average Bonchev–Trinajstić information content (AvgIpc) is 2.29. The van der Waals surface area contributed by atoms with Crippen molar-refractivity contribution in [3.8, 4) is 11.5 Å². The number of aryl methyl sites for hydroxylation is 1. The number of benzene rings is 1. The normalized spacial score (nSPS) is 10.1. The maximum Gasteiger partial charge on any atom is 0.161 e. The highest BCUT2D eigenvalue weighted by Gasteiger charge is 2.09. The zero-order chi connectivity index (χ0) is 12.0.